The van der Waals surface area contributed by atoms with Crippen molar-refractivity contribution in [1.29, 1.82) is 0 Å². The highest BCUT2D eigenvalue weighted by Gasteiger charge is 2.07. The molecule has 0 aliphatic carbocycles. The van der Waals surface area contributed by atoms with Gasteiger partial charge in [0.2, 0.25) is 0 Å². The first kappa shape index (κ1) is 19.4. The van der Waals surface area contributed by atoms with E-state index >= 15 is 0 Å². The third-order valence-electron chi connectivity index (χ3n) is 3.77. The Morgan fingerprint density at radius 3 is 2.74 bits per heavy atom. The number of anilines is 1. The summed E-state index contributed by atoms with van der Waals surface area (Å²) in [5, 5.41) is 7.61. The van der Waals surface area contributed by atoms with Crippen LogP contribution < -0.4 is 10.7 Å². The first-order valence-electron chi connectivity index (χ1n) is 8.19. The fraction of sp³-hybridized carbons (Fsp3) is 0.100. The summed E-state index contributed by atoms with van der Waals surface area (Å²) in [7, 11) is 0. The molecule has 3 rings (SSSR count). The molecule has 3 aromatic rings. The average Bonchev–Trinajstić information content (AvgIpc) is 3.12. The quantitative estimate of drug-likeness (QED) is 0.286. The number of halogens is 2. The Morgan fingerprint density at radius 1 is 1.19 bits per heavy atom. The summed E-state index contributed by atoms with van der Waals surface area (Å²) >= 11 is 8.28. The van der Waals surface area contributed by atoms with Crippen LogP contribution in [0.3, 0.4) is 0 Å². The van der Waals surface area contributed by atoms with Crippen molar-refractivity contribution >= 4 is 52.0 Å². The minimum Gasteiger partial charge on any atom is -0.455 e. The van der Waals surface area contributed by atoms with Crippen molar-refractivity contribution in [2.75, 3.05) is 11.9 Å². The summed E-state index contributed by atoms with van der Waals surface area (Å²) in [6.45, 7) is 2.12. The van der Waals surface area contributed by atoms with Crippen molar-refractivity contribution in [1.82, 2.24) is 5.43 Å². The molecule has 0 fully saturated rings. The van der Waals surface area contributed by atoms with Crippen LogP contribution in [0.15, 0.2) is 64.1 Å². The summed E-state index contributed by atoms with van der Waals surface area (Å²) in [5.41, 5.74) is 5.33. The van der Waals surface area contributed by atoms with E-state index in [0.29, 0.717) is 16.5 Å². The minimum absolute atomic E-state index is 0.128. The Hall–Kier alpha value is -2.32. The minimum atomic E-state index is -0.248. The van der Waals surface area contributed by atoms with Gasteiger partial charge >= 0.3 is 0 Å². The van der Waals surface area contributed by atoms with Gasteiger partial charge in [0.1, 0.15) is 11.5 Å². The van der Waals surface area contributed by atoms with Crippen molar-refractivity contribution in [3.63, 3.8) is 0 Å². The van der Waals surface area contributed by atoms with Gasteiger partial charge in [0.25, 0.3) is 5.91 Å². The molecule has 1 aromatic heterocycles. The number of carbonyl (C=O) groups is 1. The molecule has 2 N–H and O–H groups in total. The number of hydrogen-bond donors (Lipinski definition) is 2. The van der Waals surface area contributed by atoms with E-state index in [4.69, 9.17) is 16.0 Å². The van der Waals surface area contributed by atoms with E-state index in [1.807, 2.05) is 55.5 Å². The lowest BCUT2D eigenvalue weighted by Gasteiger charge is -2.04. The normalized spacial score (nSPS) is 10.9. The summed E-state index contributed by atoms with van der Waals surface area (Å²) in [6, 6.07) is 17.0. The van der Waals surface area contributed by atoms with E-state index < -0.39 is 0 Å². The van der Waals surface area contributed by atoms with E-state index in [-0.39, 0.29) is 12.5 Å². The first-order chi connectivity index (χ1) is 13.0. The van der Waals surface area contributed by atoms with Crippen LogP contribution in [-0.2, 0) is 4.79 Å². The number of carbonyl (C=O) groups excluding carboxylic acids is 1. The fourth-order valence-electron chi connectivity index (χ4n) is 2.38. The molecule has 7 heteroatoms. The van der Waals surface area contributed by atoms with E-state index in [1.54, 1.807) is 6.07 Å². The van der Waals surface area contributed by atoms with E-state index in [0.717, 1.165) is 20.4 Å². The first-order valence-corrected chi connectivity index (χ1v) is 9.64. The van der Waals surface area contributed by atoms with Crippen molar-refractivity contribution in [3.05, 3.63) is 74.5 Å². The summed E-state index contributed by atoms with van der Waals surface area (Å²) < 4.78 is 6.89. The van der Waals surface area contributed by atoms with Crippen LogP contribution in [-0.4, -0.2) is 18.7 Å². The zero-order valence-electron chi connectivity index (χ0n) is 14.5. The van der Waals surface area contributed by atoms with Crippen LogP contribution in [0.4, 0.5) is 5.69 Å². The number of amides is 1. The number of rotatable bonds is 6. The molecule has 0 atom stereocenters. The highest BCUT2D eigenvalue weighted by atomic mass is 127. The van der Waals surface area contributed by atoms with Gasteiger partial charge in [-0.15, -0.1) is 0 Å². The lowest BCUT2D eigenvalue weighted by Crippen LogP contribution is -2.25. The monoisotopic (exact) mass is 493 g/mol. The standard InChI is InChI=1S/C20H17ClIN3O2/c1-13-2-3-14(21)10-18(13)19-9-8-17(27-19)11-24-25-20(26)12-23-16-6-4-15(22)5-7-16/h2-11,23H,12H2,1H3,(H,25,26)/b24-11-. The van der Waals surface area contributed by atoms with E-state index in [2.05, 4.69) is 38.4 Å². The molecule has 0 bridgehead atoms. The smallest absolute Gasteiger partial charge is 0.259 e. The molecule has 0 aliphatic heterocycles. The molecule has 0 radical (unpaired) electrons. The Bertz CT molecular complexity index is 968. The van der Waals surface area contributed by atoms with Gasteiger partial charge in [-0.05, 0) is 83.6 Å². The van der Waals surface area contributed by atoms with Gasteiger partial charge in [0, 0.05) is 19.8 Å². The van der Waals surface area contributed by atoms with Gasteiger partial charge in [-0.3, -0.25) is 4.79 Å². The zero-order chi connectivity index (χ0) is 19.2. The van der Waals surface area contributed by atoms with Gasteiger partial charge in [-0.2, -0.15) is 5.10 Å². The van der Waals surface area contributed by atoms with Crippen LogP contribution in [0.1, 0.15) is 11.3 Å². The van der Waals surface area contributed by atoms with Gasteiger partial charge in [-0.25, -0.2) is 5.43 Å². The molecule has 138 valence electrons. The molecule has 0 unspecified atom stereocenters. The van der Waals surface area contributed by atoms with Gasteiger partial charge in [0.15, 0.2) is 0 Å². The fourth-order valence-corrected chi connectivity index (χ4v) is 2.92. The van der Waals surface area contributed by atoms with Crippen LogP contribution in [0.25, 0.3) is 11.3 Å². The van der Waals surface area contributed by atoms with Gasteiger partial charge < -0.3 is 9.73 Å². The summed E-state index contributed by atoms with van der Waals surface area (Å²) in [6.07, 6.45) is 1.46. The third-order valence-corrected chi connectivity index (χ3v) is 4.72. The number of nitrogens with zero attached hydrogens (tertiary/aromatic N) is 1. The SMILES string of the molecule is Cc1ccc(Cl)cc1-c1ccc(/C=N\NC(=O)CNc2ccc(I)cc2)o1. The Morgan fingerprint density at radius 2 is 1.96 bits per heavy atom. The molecule has 0 saturated carbocycles. The number of furan rings is 1. The lowest BCUT2D eigenvalue weighted by atomic mass is 10.1. The molecule has 0 spiro atoms. The van der Waals surface area contributed by atoms with E-state index in [1.165, 1.54) is 6.21 Å². The molecular formula is C20H17ClIN3O2. The zero-order valence-corrected chi connectivity index (χ0v) is 17.4. The summed E-state index contributed by atoms with van der Waals surface area (Å²) in [4.78, 5) is 11.8. The Balaban J connectivity index is 1.54. The molecule has 5 nitrogen and oxygen atoms in total. The predicted octanol–water partition coefficient (Wildman–Crippen LogP) is 5.08. The van der Waals surface area contributed by atoms with Crippen molar-refractivity contribution in [2.24, 2.45) is 5.10 Å². The molecule has 0 aliphatic rings. The number of benzene rings is 2. The van der Waals surface area contributed by atoms with Crippen LogP contribution >= 0.6 is 34.2 Å². The largest absolute Gasteiger partial charge is 0.455 e. The van der Waals surface area contributed by atoms with Gasteiger partial charge in [0.05, 0.1) is 12.8 Å². The molecule has 2 aromatic carbocycles. The maximum atomic E-state index is 11.8. The molecule has 0 saturated heterocycles. The van der Waals surface area contributed by atoms with Crippen LogP contribution in [0, 0.1) is 10.5 Å². The van der Waals surface area contributed by atoms with E-state index in [9.17, 15) is 4.79 Å². The van der Waals surface area contributed by atoms with Crippen LogP contribution in [0.2, 0.25) is 5.02 Å². The highest BCUT2D eigenvalue weighted by Crippen LogP contribution is 2.27. The van der Waals surface area contributed by atoms with Gasteiger partial charge in [-0.1, -0.05) is 17.7 Å². The third kappa shape index (κ3) is 5.58. The maximum absolute atomic E-state index is 11.8. The number of nitrogens with one attached hydrogen (secondary N) is 2. The molecule has 27 heavy (non-hydrogen) atoms. The second-order valence-electron chi connectivity index (χ2n) is 5.81. The lowest BCUT2D eigenvalue weighted by molar-refractivity contribution is -0.119. The maximum Gasteiger partial charge on any atom is 0.259 e. The topological polar surface area (TPSA) is 66.6 Å². The van der Waals surface area contributed by atoms with Crippen LogP contribution in [0.5, 0.6) is 0 Å². The van der Waals surface area contributed by atoms with Crippen molar-refractivity contribution in [3.8, 4) is 11.3 Å². The Kier molecular flexibility index (Phi) is 6.52. The molecule has 1 heterocycles. The number of hydrogen-bond acceptors (Lipinski definition) is 4. The Labute approximate surface area is 175 Å². The summed E-state index contributed by atoms with van der Waals surface area (Å²) in [5.74, 6) is 0.987. The predicted molar refractivity (Wildman–Crippen MR) is 117 cm³/mol. The molecule has 1 amide bonds. The second kappa shape index (κ2) is 9.05. The highest BCUT2D eigenvalue weighted by molar-refractivity contribution is 14.1. The van der Waals surface area contributed by atoms with Crippen molar-refractivity contribution < 1.29 is 9.21 Å². The van der Waals surface area contributed by atoms with Crippen molar-refractivity contribution in [2.45, 2.75) is 6.92 Å². The number of aryl methyl sites for hydroxylation is 1. The average molecular weight is 494 g/mol. The second-order valence-corrected chi connectivity index (χ2v) is 7.50. The molecular weight excluding hydrogens is 477 g/mol. The number of hydrazone groups is 1.